The summed E-state index contributed by atoms with van der Waals surface area (Å²) in [6.07, 6.45) is 22.1. The molecule has 1 heterocycles. The van der Waals surface area contributed by atoms with Crippen molar-refractivity contribution in [3.63, 3.8) is 0 Å². The number of nitro groups is 2. The Balaban J connectivity index is 0.000000271. The molecule has 3 aliphatic carbocycles. The molecular weight excluding hydrogens is 969 g/mol. The minimum Gasteiger partial charge on any atom is -0.463 e. The van der Waals surface area contributed by atoms with Gasteiger partial charge in [0.2, 0.25) is 0 Å². The molecule has 0 radical (unpaired) electrons. The van der Waals surface area contributed by atoms with Crippen molar-refractivity contribution in [1.29, 1.82) is 0 Å². The highest BCUT2D eigenvalue weighted by Crippen LogP contribution is 2.55. The minimum atomic E-state index is -0.796. The fourth-order valence-electron chi connectivity index (χ4n) is 12.8. The lowest BCUT2D eigenvalue weighted by molar-refractivity contribution is -0.397. The molecule has 1 aliphatic heterocycles. The number of nitrogens with zero attached hydrogens (tertiary/aromatic N) is 2. The molecule has 2 fully saturated rings. The van der Waals surface area contributed by atoms with E-state index in [-0.39, 0.29) is 56.5 Å². The van der Waals surface area contributed by atoms with Crippen molar-refractivity contribution in [1.82, 2.24) is 0 Å². The normalized spacial score (nSPS) is 23.0. The summed E-state index contributed by atoms with van der Waals surface area (Å²) in [7, 11) is 0. The molecule has 2 saturated carbocycles. The molecule has 5 atom stereocenters. The predicted molar refractivity (Wildman–Crippen MR) is 313 cm³/mol. The van der Waals surface area contributed by atoms with Crippen molar-refractivity contribution < 1.29 is 38.4 Å². The molecule has 0 saturated heterocycles. The number of carbonyl (C=O) groups excluding carboxylic acids is 3. The number of ether oxygens (including phenoxy) is 3. The molecule has 2 aromatic rings. The zero-order valence-corrected chi connectivity index (χ0v) is 51.9. The Morgan fingerprint density at radius 2 is 1.29 bits per heavy atom. The number of Topliss-reactive ketones (excluding diaryl/α,β-unsaturated/α-hetero) is 2. The molecule has 0 aromatic heterocycles. The van der Waals surface area contributed by atoms with E-state index in [1.165, 1.54) is 122 Å². The van der Waals surface area contributed by atoms with E-state index in [1.807, 2.05) is 20.8 Å². The van der Waals surface area contributed by atoms with Crippen LogP contribution in [0.1, 0.15) is 288 Å². The number of nitro benzene ring substituents is 2. The summed E-state index contributed by atoms with van der Waals surface area (Å²) in [5, 5.41) is 22.8. The second-order valence-electron chi connectivity index (χ2n) is 27.2. The van der Waals surface area contributed by atoms with Crippen LogP contribution >= 0.6 is 0 Å². The van der Waals surface area contributed by atoms with Crippen LogP contribution in [0.4, 0.5) is 11.4 Å². The zero-order chi connectivity index (χ0) is 58.4. The van der Waals surface area contributed by atoms with Crippen molar-refractivity contribution in [3.8, 4) is 0 Å². The van der Waals surface area contributed by atoms with Crippen molar-refractivity contribution in [3.05, 3.63) is 76.9 Å². The zero-order valence-electron chi connectivity index (χ0n) is 51.9. The summed E-state index contributed by atoms with van der Waals surface area (Å²) in [5.41, 5.74) is 5.58. The molecule has 77 heavy (non-hydrogen) atoms. The molecule has 0 amide bonds. The van der Waals surface area contributed by atoms with Crippen LogP contribution in [0.25, 0.3) is 0 Å². The third-order valence-electron chi connectivity index (χ3n) is 17.7. The maximum atomic E-state index is 11.8. The minimum absolute atomic E-state index is 0.0532. The molecule has 436 valence electrons. The third-order valence-corrected chi connectivity index (χ3v) is 17.7. The molecule has 12 heteroatoms. The van der Waals surface area contributed by atoms with Gasteiger partial charge in [-0.1, -0.05) is 173 Å². The van der Waals surface area contributed by atoms with Gasteiger partial charge in [-0.2, -0.15) is 0 Å². The molecule has 0 bridgehead atoms. The first-order chi connectivity index (χ1) is 35.6. The van der Waals surface area contributed by atoms with Crippen LogP contribution in [0.5, 0.6) is 0 Å². The van der Waals surface area contributed by atoms with E-state index in [4.69, 9.17) is 14.2 Å². The molecule has 6 rings (SSSR count). The Bertz CT molecular complexity index is 2280. The van der Waals surface area contributed by atoms with Gasteiger partial charge < -0.3 is 14.2 Å². The fourth-order valence-corrected chi connectivity index (χ4v) is 12.8. The quantitative estimate of drug-likeness (QED) is 0.102. The Hall–Kier alpha value is -4.03. The second-order valence-corrected chi connectivity index (χ2v) is 27.2. The number of carbonyl (C=O) groups is 3. The molecule has 0 spiro atoms. The van der Waals surface area contributed by atoms with Gasteiger partial charge in [-0.25, -0.2) is 0 Å². The number of ketones is 2. The number of hydrogen-bond donors (Lipinski definition) is 0. The molecule has 4 aliphatic rings. The SMILES string of the molecule is CC(=O)c1c(C)c([N+](=O)[O-])c(C(C)(C)C)c([N+](=O)[O-])c1C.CC1COCc2cc3c(cc21)C(C)(C)C(C)C3(C)C.CCC(=O)OCC(C)(C)OC(C)[C@@H]1CCCC(C)(C)C1.C[C@@H]1CCCCCCCCCCCCC(=O)C1. The van der Waals surface area contributed by atoms with E-state index in [1.54, 1.807) is 31.9 Å². The highest BCUT2D eigenvalue weighted by molar-refractivity contribution is 6.00. The molecular formula is C65H106N2O10. The average molecular weight is 1080 g/mol. The van der Waals surface area contributed by atoms with Gasteiger partial charge in [0.25, 0.3) is 11.4 Å². The van der Waals surface area contributed by atoms with Gasteiger partial charge in [0.1, 0.15) is 18.0 Å². The van der Waals surface area contributed by atoms with E-state index in [0.29, 0.717) is 47.9 Å². The third kappa shape index (κ3) is 19.1. The topological polar surface area (TPSA) is 165 Å². The fraction of sp³-hybridized carbons (Fsp3) is 0.769. The Labute approximate surface area is 466 Å². The maximum absolute atomic E-state index is 11.8. The second kappa shape index (κ2) is 28.9. The number of esters is 1. The molecule has 3 unspecified atom stereocenters. The largest absolute Gasteiger partial charge is 0.463 e. The van der Waals surface area contributed by atoms with Gasteiger partial charge in [0.05, 0.1) is 34.8 Å². The summed E-state index contributed by atoms with van der Waals surface area (Å²) >= 11 is 0. The first-order valence-corrected chi connectivity index (χ1v) is 29.7. The van der Waals surface area contributed by atoms with Gasteiger partial charge in [-0.3, -0.25) is 34.6 Å². The number of fused-ring (bicyclic) bond motifs is 2. The maximum Gasteiger partial charge on any atom is 0.305 e. The summed E-state index contributed by atoms with van der Waals surface area (Å²) < 4.78 is 17.1. The lowest BCUT2D eigenvalue weighted by Crippen LogP contribution is -2.40. The van der Waals surface area contributed by atoms with Crippen molar-refractivity contribution >= 4 is 28.9 Å². The van der Waals surface area contributed by atoms with Crippen LogP contribution in [0, 0.1) is 57.2 Å². The van der Waals surface area contributed by atoms with E-state index in [0.717, 1.165) is 32.5 Å². The van der Waals surface area contributed by atoms with E-state index < -0.39 is 26.6 Å². The number of rotatable bonds is 9. The monoisotopic (exact) mass is 1070 g/mol. The summed E-state index contributed by atoms with van der Waals surface area (Å²) in [6.45, 7) is 40.4. The number of hydrogen-bond acceptors (Lipinski definition) is 10. The van der Waals surface area contributed by atoms with Gasteiger partial charge in [-0.15, -0.1) is 0 Å². The van der Waals surface area contributed by atoms with Gasteiger partial charge >= 0.3 is 5.97 Å². The lowest BCUT2D eigenvalue weighted by Gasteiger charge is -2.40. The van der Waals surface area contributed by atoms with Gasteiger partial charge in [0.15, 0.2) is 5.78 Å². The predicted octanol–water partition coefficient (Wildman–Crippen LogP) is 17.8. The van der Waals surface area contributed by atoms with Gasteiger partial charge in [0, 0.05) is 47.3 Å². The van der Waals surface area contributed by atoms with E-state index in [2.05, 4.69) is 81.4 Å². The van der Waals surface area contributed by atoms with Crippen LogP contribution in [0.2, 0.25) is 0 Å². The van der Waals surface area contributed by atoms with Crippen LogP contribution in [-0.2, 0) is 46.7 Å². The van der Waals surface area contributed by atoms with Gasteiger partial charge in [-0.05, 0) is 123 Å². The highest BCUT2D eigenvalue weighted by Gasteiger charge is 2.49. The Morgan fingerprint density at radius 3 is 1.77 bits per heavy atom. The molecule has 2 aromatic carbocycles. The average Bonchev–Trinajstić information content (AvgIpc) is 3.44. The lowest BCUT2D eigenvalue weighted by atomic mass is 9.71. The number of benzene rings is 2. The standard InChI is InChI=1S/C18H26O.C17H32O3.C16H30O.C14H18N2O5/c1-11-9-19-10-13-7-15-16(8-14(11)13)18(5,6)12(2)17(15,3)4;1-7-15(18)19-12-17(5,6)20-13(2)14-9-8-10-16(3,4)11-14;1-15-12-10-8-6-4-2-3-5-7-9-11-13-16(17)14-15;1-7-10(9(3)17)8(2)13(16(20)21)11(14(4,5)6)12(7)15(18)19/h7-8,11-12H,9-10H2,1-6H3;13-14H,7-12H2,1-6H3;15H,2-14H2,1H3;1-6H3/t;13?,14-;15-;/m.11./s1. The van der Waals surface area contributed by atoms with E-state index in [9.17, 15) is 34.6 Å². The molecule has 12 nitrogen and oxygen atoms in total. The first-order valence-electron chi connectivity index (χ1n) is 29.7. The summed E-state index contributed by atoms with van der Waals surface area (Å²) in [4.78, 5) is 56.3. The van der Waals surface area contributed by atoms with E-state index >= 15 is 0 Å². The Morgan fingerprint density at radius 1 is 0.779 bits per heavy atom. The van der Waals surface area contributed by atoms with Crippen LogP contribution in [-0.4, -0.2) is 52.3 Å². The van der Waals surface area contributed by atoms with Crippen LogP contribution < -0.4 is 0 Å². The van der Waals surface area contributed by atoms with Crippen molar-refractivity contribution in [2.75, 3.05) is 13.2 Å². The summed E-state index contributed by atoms with van der Waals surface area (Å²) in [5.74, 6) is 2.35. The van der Waals surface area contributed by atoms with Crippen molar-refractivity contribution in [2.24, 2.45) is 23.2 Å². The van der Waals surface area contributed by atoms with Crippen LogP contribution in [0.3, 0.4) is 0 Å². The van der Waals surface area contributed by atoms with Crippen LogP contribution in [0.15, 0.2) is 12.1 Å². The Kier molecular flexibility index (Phi) is 25.3. The highest BCUT2D eigenvalue weighted by atomic mass is 16.6. The first kappa shape index (κ1) is 67.2. The van der Waals surface area contributed by atoms with Crippen molar-refractivity contribution in [2.45, 2.75) is 288 Å². The molecule has 0 N–H and O–H groups in total. The smallest absolute Gasteiger partial charge is 0.305 e. The summed E-state index contributed by atoms with van der Waals surface area (Å²) in [6, 6.07) is 4.93.